The van der Waals surface area contributed by atoms with E-state index in [1.54, 1.807) is 0 Å². The molecule has 6 nitrogen and oxygen atoms in total. The Bertz CT molecular complexity index is 969. The second-order valence-electron chi connectivity index (χ2n) is 7.26. The maximum absolute atomic E-state index is 13.5. The zero-order valence-corrected chi connectivity index (χ0v) is 14.3. The maximum atomic E-state index is 13.5. The van der Waals surface area contributed by atoms with Gasteiger partial charge in [0.2, 0.25) is 13.6 Å². The molecular weight excluding hydrogens is 334 g/mol. The highest BCUT2D eigenvalue weighted by Crippen LogP contribution is 2.48. The number of carbonyl (C=O) groups excluding carboxylic acids is 1. The Balaban J connectivity index is 1.52. The van der Waals surface area contributed by atoms with Crippen LogP contribution in [0.3, 0.4) is 0 Å². The summed E-state index contributed by atoms with van der Waals surface area (Å²) in [5, 5.41) is 0. The van der Waals surface area contributed by atoms with E-state index in [0.717, 1.165) is 52.5 Å². The molecule has 0 spiro atoms. The summed E-state index contributed by atoms with van der Waals surface area (Å²) in [6.45, 7) is 1.20. The van der Waals surface area contributed by atoms with Gasteiger partial charge in [0.15, 0.2) is 28.8 Å². The van der Waals surface area contributed by atoms with Gasteiger partial charge in [-0.1, -0.05) is 6.07 Å². The Morgan fingerprint density at radius 3 is 2.65 bits per heavy atom. The lowest BCUT2D eigenvalue weighted by molar-refractivity contribution is 0.0834. The van der Waals surface area contributed by atoms with Crippen molar-refractivity contribution in [3.8, 4) is 23.0 Å². The quantitative estimate of drug-likeness (QED) is 0.727. The number of carbonyl (C=O) groups is 1. The van der Waals surface area contributed by atoms with Crippen molar-refractivity contribution in [1.29, 1.82) is 0 Å². The molecule has 0 saturated heterocycles. The summed E-state index contributed by atoms with van der Waals surface area (Å²) < 4.78 is 22.2. The highest BCUT2D eigenvalue weighted by molar-refractivity contribution is 6.05. The van der Waals surface area contributed by atoms with Crippen LogP contribution < -0.4 is 18.9 Å². The van der Waals surface area contributed by atoms with E-state index in [-0.39, 0.29) is 31.3 Å². The highest BCUT2D eigenvalue weighted by Gasteiger charge is 2.44. The third-order valence-corrected chi connectivity index (χ3v) is 5.95. The van der Waals surface area contributed by atoms with Crippen LogP contribution in [-0.4, -0.2) is 37.4 Å². The molecule has 0 fully saturated rings. The van der Waals surface area contributed by atoms with Gasteiger partial charge < -0.3 is 18.9 Å². The van der Waals surface area contributed by atoms with Gasteiger partial charge in [-0.05, 0) is 42.8 Å². The minimum absolute atomic E-state index is 0.128. The number of benzene rings is 2. The van der Waals surface area contributed by atoms with Crippen LogP contribution in [-0.2, 0) is 13.0 Å². The van der Waals surface area contributed by atoms with Gasteiger partial charge in [0.05, 0.1) is 5.92 Å². The van der Waals surface area contributed by atoms with Gasteiger partial charge in [-0.2, -0.15) is 0 Å². The average Bonchev–Trinajstić information content (AvgIpc) is 3.29. The van der Waals surface area contributed by atoms with Crippen molar-refractivity contribution in [2.24, 2.45) is 0 Å². The van der Waals surface area contributed by atoms with Crippen molar-refractivity contribution in [3.05, 3.63) is 46.5 Å². The van der Waals surface area contributed by atoms with E-state index in [1.165, 1.54) is 0 Å². The Morgan fingerprint density at radius 1 is 1.00 bits per heavy atom. The second-order valence-corrected chi connectivity index (χ2v) is 7.26. The van der Waals surface area contributed by atoms with Crippen LogP contribution in [0.1, 0.15) is 33.0 Å². The van der Waals surface area contributed by atoms with Crippen LogP contribution in [0.25, 0.3) is 0 Å². The zero-order valence-electron chi connectivity index (χ0n) is 14.3. The second kappa shape index (κ2) is 4.92. The molecule has 6 rings (SSSR count). The largest absolute Gasteiger partial charge is 0.454 e. The van der Waals surface area contributed by atoms with E-state index in [4.69, 9.17) is 18.9 Å². The van der Waals surface area contributed by atoms with Crippen LogP contribution in [0.4, 0.5) is 0 Å². The lowest BCUT2D eigenvalue weighted by Gasteiger charge is -2.43. The molecule has 4 aliphatic rings. The van der Waals surface area contributed by atoms with Crippen molar-refractivity contribution in [3.63, 3.8) is 0 Å². The minimum atomic E-state index is -0.203. The molecule has 132 valence electrons. The first-order chi connectivity index (χ1) is 12.7. The standard InChI is InChI=1S/C20H17NO5/c1-21-7-13-11(2-3-15-20(13)26-9-23-15)18-14(21)4-10-5-16-17(25-8-24-16)6-12(10)19(18)22/h2-3,5-6,14,18H,4,7-9H2,1H3. The molecule has 0 saturated carbocycles. The number of hydrogen-bond acceptors (Lipinski definition) is 6. The predicted molar refractivity (Wildman–Crippen MR) is 91.2 cm³/mol. The van der Waals surface area contributed by atoms with E-state index in [9.17, 15) is 4.79 Å². The fourth-order valence-electron chi connectivity index (χ4n) is 4.69. The first-order valence-corrected chi connectivity index (χ1v) is 8.79. The summed E-state index contributed by atoms with van der Waals surface area (Å²) >= 11 is 0. The Hall–Kier alpha value is -2.73. The van der Waals surface area contributed by atoms with Gasteiger partial charge in [-0.3, -0.25) is 9.69 Å². The molecule has 2 aromatic rings. The van der Waals surface area contributed by atoms with Gasteiger partial charge >= 0.3 is 0 Å². The van der Waals surface area contributed by atoms with Gasteiger partial charge in [-0.25, -0.2) is 0 Å². The van der Waals surface area contributed by atoms with Crippen molar-refractivity contribution in [1.82, 2.24) is 4.90 Å². The molecule has 0 aromatic heterocycles. The van der Waals surface area contributed by atoms with Crippen molar-refractivity contribution >= 4 is 5.78 Å². The number of rotatable bonds is 0. The number of nitrogens with zero attached hydrogens (tertiary/aromatic N) is 1. The predicted octanol–water partition coefficient (Wildman–Crippen LogP) is 2.48. The lowest BCUT2D eigenvalue weighted by atomic mass is 9.71. The summed E-state index contributed by atoms with van der Waals surface area (Å²) in [6, 6.07) is 7.89. The summed E-state index contributed by atoms with van der Waals surface area (Å²) in [6.07, 6.45) is 0.812. The number of ketones is 1. The molecule has 0 N–H and O–H groups in total. The van der Waals surface area contributed by atoms with Gasteiger partial charge in [0, 0.05) is 23.7 Å². The van der Waals surface area contributed by atoms with Crippen LogP contribution in [0.15, 0.2) is 24.3 Å². The van der Waals surface area contributed by atoms with Gasteiger partial charge in [-0.15, -0.1) is 0 Å². The average molecular weight is 351 g/mol. The van der Waals surface area contributed by atoms with Gasteiger partial charge in [0.1, 0.15) is 0 Å². The molecule has 26 heavy (non-hydrogen) atoms. The van der Waals surface area contributed by atoms with Crippen molar-refractivity contribution in [2.75, 3.05) is 20.6 Å². The number of Topliss-reactive ketones (excluding diaryl/α,β-unsaturated/α-hetero) is 1. The fraction of sp³-hybridized carbons (Fsp3) is 0.350. The smallest absolute Gasteiger partial charge is 0.231 e. The molecule has 0 radical (unpaired) electrons. The molecular formula is C20H17NO5. The Morgan fingerprint density at radius 2 is 1.77 bits per heavy atom. The minimum Gasteiger partial charge on any atom is -0.454 e. The fourth-order valence-corrected chi connectivity index (χ4v) is 4.69. The highest BCUT2D eigenvalue weighted by atomic mass is 16.7. The third-order valence-electron chi connectivity index (χ3n) is 5.95. The third kappa shape index (κ3) is 1.77. The number of ether oxygens (including phenoxy) is 4. The summed E-state index contributed by atoms with van der Waals surface area (Å²) in [5.41, 5.74) is 3.91. The molecule has 0 amide bonds. The van der Waals surface area contributed by atoms with Crippen LogP contribution >= 0.6 is 0 Å². The number of likely N-dealkylation sites (N-methyl/N-ethyl adjacent to an activating group) is 1. The summed E-state index contributed by atoms with van der Waals surface area (Å²) in [4.78, 5) is 15.7. The van der Waals surface area contributed by atoms with E-state index in [0.29, 0.717) is 5.75 Å². The first kappa shape index (κ1) is 14.4. The van der Waals surface area contributed by atoms with Crippen LogP contribution in [0.5, 0.6) is 23.0 Å². The van der Waals surface area contributed by atoms with Crippen LogP contribution in [0.2, 0.25) is 0 Å². The molecule has 3 heterocycles. The number of fused-ring (bicyclic) bond motifs is 7. The van der Waals surface area contributed by atoms with E-state index in [1.807, 2.05) is 24.3 Å². The van der Waals surface area contributed by atoms with Crippen LogP contribution in [0, 0.1) is 0 Å². The first-order valence-electron chi connectivity index (χ1n) is 8.79. The molecule has 2 aromatic carbocycles. The Kier molecular flexibility index (Phi) is 2.73. The summed E-state index contributed by atoms with van der Waals surface area (Å²) in [7, 11) is 2.07. The van der Waals surface area contributed by atoms with E-state index >= 15 is 0 Å². The monoisotopic (exact) mass is 351 g/mol. The van der Waals surface area contributed by atoms with E-state index < -0.39 is 0 Å². The lowest BCUT2D eigenvalue weighted by Crippen LogP contribution is -2.48. The Labute approximate surface area is 150 Å². The molecule has 6 heteroatoms. The molecule has 3 aliphatic heterocycles. The topological polar surface area (TPSA) is 57.2 Å². The van der Waals surface area contributed by atoms with Gasteiger partial charge in [0.25, 0.3) is 0 Å². The van der Waals surface area contributed by atoms with Crippen molar-refractivity contribution < 1.29 is 23.7 Å². The van der Waals surface area contributed by atoms with Crippen molar-refractivity contribution in [2.45, 2.75) is 24.9 Å². The molecule has 1 aliphatic carbocycles. The molecule has 2 unspecified atom stereocenters. The normalized spacial score (nSPS) is 24.9. The maximum Gasteiger partial charge on any atom is 0.231 e. The van der Waals surface area contributed by atoms with E-state index in [2.05, 4.69) is 11.9 Å². The SMILES string of the molecule is CN1Cc2c(ccc3c2OCO3)C2C(=O)c3cc4c(cc3CC21)OCO4. The number of hydrogen-bond donors (Lipinski definition) is 0. The molecule has 0 bridgehead atoms. The zero-order chi connectivity index (χ0) is 17.4. The summed E-state index contributed by atoms with van der Waals surface area (Å²) in [5.74, 6) is 2.88. The molecule has 2 atom stereocenters.